The molecule has 0 aliphatic heterocycles. The molecule has 0 fully saturated rings. The minimum atomic E-state index is -1.07. The Balaban J connectivity index is 1.92. The fraction of sp³-hybridized carbons (Fsp3) is 0.448. The third kappa shape index (κ3) is 5.90. The molecule has 0 bridgehead atoms. The molecule has 3 rings (SSSR count). The fourth-order valence-electron chi connectivity index (χ4n) is 4.36. The van der Waals surface area contributed by atoms with Crippen LogP contribution < -0.4 is 10.1 Å². The van der Waals surface area contributed by atoms with E-state index < -0.39 is 24.5 Å². The summed E-state index contributed by atoms with van der Waals surface area (Å²) in [7, 11) is 0. The highest BCUT2D eigenvalue weighted by atomic mass is 32.1. The molecule has 0 aliphatic rings. The lowest BCUT2D eigenvalue weighted by Crippen LogP contribution is -2.32. The molecule has 0 saturated carbocycles. The van der Waals surface area contributed by atoms with Gasteiger partial charge in [-0.3, -0.25) is 9.59 Å². The first kappa shape index (κ1) is 27.7. The van der Waals surface area contributed by atoms with Crippen molar-refractivity contribution < 1.29 is 24.5 Å². The summed E-state index contributed by atoms with van der Waals surface area (Å²) in [6.45, 7) is 12.2. The van der Waals surface area contributed by atoms with Crippen LogP contribution in [-0.2, 0) is 10.2 Å². The van der Waals surface area contributed by atoms with E-state index in [-0.39, 0.29) is 17.4 Å². The number of carboxylic acid groups (broad SMARTS) is 1. The van der Waals surface area contributed by atoms with Gasteiger partial charge in [0.2, 0.25) is 0 Å². The van der Waals surface area contributed by atoms with E-state index >= 15 is 0 Å². The van der Waals surface area contributed by atoms with Crippen LogP contribution in [0.15, 0.2) is 42.5 Å². The molecule has 36 heavy (non-hydrogen) atoms. The molecule has 0 radical (unpaired) electrons. The van der Waals surface area contributed by atoms with Gasteiger partial charge in [0.15, 0.2) is 0 Å². The molecule has 1 aromatic heterocycles. The van der Waals surface area contributed by atoms with Crippen LogP contribution in [0.3, 0.4) is 0 Å². The number of ether oxygens (including phenoxy) is 1. The lowest BCUT2D eigenvalue weighted by molar-refractivity contribution is -0.135. The molecule has 0 aliphatic carbocycles. The molecule has 0 spiro atoms. The quantitative estimate of drug-likeness (QED) is 0.314. The maximum atomic E-state index is 12.4. The van der Waals surface area contributed by atoms with Crippen molar-refractivity contribution >= 4 is 33.3 Å². The van der Waals surface area contributed by atoms with Crippen molar-refractivity contribution in [1.29, 1.82) is 0 Å². The summed E-state index contributed by atoms with van der Waals surface area (Å²) in [4.78, 5) is 24.4. The molecule has 1 unspecified atom stereocenters. The van der Waals surface area contributed by atoms with Gasteiger partial charge in [-0.2, -0.15) is 0 Å². The summed E-state index contributed by atoms with van der Waals surface area (Å²) in [5, 5.41) is 22.6. The van der Waals surface area contributed by atoms with E-state index in [4.69, 9.17) is 9.84 Å². The normalized spacial score (nSPS) is 13.0. The van der Waals surface area contributed by atoms with Crippen LogP contribution in [0.2, 0.25) is 0 Å². The van der Waals surface area contributed by atoms with Gasteiger partial charge in [0.05, 0.1) is 6.10 Å². The topological polar surface area (TPSA) is 95.9 Å². The Bertz CT molecular complexity index is 1240. The number of hydrogen-bond acceptors (Lipinski definition) is 5. The first-order valence-corrected chi connectivity index (χ1v) is 13.2. The zero-order chi connectivity index (χ0) is 26.7. The number of carbonyl (C=O) groups is 2. The maximum absolute atomic E-state index is 12.4. The van der Waals surface area contributed by atoms with E-state index in [1.54, 1.807) is 17.4 Å². The molecule has 6 nitrogen and oxygen atoms in total. The predicted octanol–water partition coefficient (Wildman–Crippen LogP) is 5.92. The largest absolute Gasteiger partial charge is 0.491 e. The molecule has 1 heterocycles. The summed E-state index contributed by atoms with van der Waals surface area (Å²) >= 11 is 1.72. The summed E-state index contributed by atoms with van der Waals surface area (Å²) in [5.74, 6) is -0.696. The van der Waals surface area contributed by atoms with Gasteiger partial charge in [-0.15, -0.1) is 11.3 Å². The number of carbonyl (C=O) groups excluding carboxylic acids is 1. The van der Waals surface area contributed by atoms with Crippen LogP contribution in [0.4, 0.5) is 0 Å². The van der Waals surface area contributed by atoms with Crippen molar-refractivity contribution in [3.05, 3.63) is 64.0 Å². The van der Waals surface area contributed by atoms with E-state index in [2.05, 4.69) is 37.4 Å². The zero-order valence-corrected chi connectivity index (χ0v) is 22.8. The Hall–Kier alpha value is -2.90. The smallest absolute Gasteiger partial charge is 0.322 e. The van der Waals surface area contributed by atoms with Gasteiger partial charge in [0, 0.05) is 20.6 Å². The first-order chi connectivity index (χ1) is 16.9. The third-order valence-electron chi connectivity index (χ3n) is 6.98. The number of aliphatic hydroxyl groups is 1. The molecular formula is C29H37NO5S. The van der Waals surface area contributed by atoms with Crippen LogP contribution in [0.25, 0.3) is 10.1 Å². The molecule has 1 atom stereocenters. The Labute approximate surface area is 217 Å². The second-order valence-electron chi connectivity index (χ2n) is 10.4. The van der Waals surface area contributed by atoms with Crippen LogP contribution in [-0.4, -0.2) is 41.3 Å². The molecule has 0 saturated heterocycles. The zero-order valence-electron chi connectivity index (χ0n) is 22.0. The number of hydrogen-bond donors (Lipinski definition) is 3. The third-order valence-corrected chi connectivity index (χ3v) is 8.30. The number of aliphatic carboxylic acids is 1. The van der Waals surface area contributed by atoms with Gasteiger partial charge in [-0.25, -0.2) is 0 Å². The SMILES string of the molecule is CCC(CC)(c1ccc(OCC(O)C(C)(C)C)c(C)c1)c1cc2cc(C(=O)NCC(=O)O)ccc2s1. The average Bonchev–Trinajstić information content (AvgIpc) is 3.26. The highest BCUT2D eigenvalue weighted by molar-refractivity contribution is 7.19. The molecule has 194 valence electrons. The second-order valence-corrected chi connectivity index (χ2v) is 11.5. The molecule has 3 aromatic rings. The molecular weight excluding hydrogens is 474 g/mol. The van der Waals surface area contributed by atoms with Gasteiger partial charge in [-0.05, 0) is 72.0 Å². The number of carboxylic acids is 1. The van der Waals surface area contributed by atoms with Crippen LogP contribution in [0.5, 0.6) is 5.75 Å². The number of aryl methyl sites for hydroxylation is 1. The number of rotatable bonds is 10. The monoisotopic (exact) mass is 511 g/mol. The van der Waals surface area contributed by atoms with E-state index in [1.165, 1.54) is 10.4 Å². The lowest BCUT2D eigenvalue weighted by Gasteiger charge is -2.32. The summed E-state index contributed by atoms with van der Waals surface area (Å²) in [5.41, 5.74) is 2.24. The number of benzene rings is 2. The minimum absolute atomic E-state index is 0.191. The summed E-state index contributed by atoms with van der Waals surface area (Å²) < 4.78 is 7.04. The standard InChI is InChI=1S/C29H37NO5S/c1-7-29(8-2,21-10-11-22(18(3)13-21)35-17-24(31)28(4,5)6)25-15-20-14-19(9-12-23(20)36-25)27(34)30-16-26(32)33/h9-15,24,31H,7-8,16-17H2,1-6H3,(H,30,34)(H,32,33). The van der Waals surface area contributed by atoms with Gasteiger partial charge in [-0.1, -0.05) is 46.8 Å². The molecule has 3 N–H and O–H groups in total. The van der Waals surface area contributed by atoms with Crippen LogP contribution in [0.1, 0.15) is 73.8 Å². The van der Waals surface area contributed by atoms with Gasteiger partial charge in [0.1, 0.15) is 18.9 Å². The number of nitrogens with one attached hydrogen (secondary N) is 1. The highest BCUT2D eigenvalue weighted by Gasteiger charge is 2.33. The fourth-order valence-corrected chi connectivity index (χ4v) is 5.75. The van der Waals surface area contributed by atoms with Crippen molar-refractivity contribution in [2.24, 2.45) is 5.41 Å². The molecule has 2 aromatic carbocycles. The number of fused-ring (bicyclic) bond motifs is 1. The van der Waals surface area contributed by atoms with Gasteiger partial charge < -0.3 is 20.3 Å². The molecule has 7 heteroatoms. The Morgan fingerprint density at radius 3 is 2.33 bits per heavy atom. The van der Waals surface area contributed by atoms with Crippen molar-refractivity contribution in [2.75, 3.05) is 13.2 Å². The van der Waals surface area contributed by atoms with Gasteiger partial charge >= 0.3 is 5.97 Å². The summed E-state index contributed by atoms with van der Waals surface area (Å²) in [6.07, 6.45) is 1.26. The van der Waals surface area contributed by atoms with E-state index in [0.29, 0.717) is 5.56 Å². The van der Waals surface area contributed by atoms with Crippen molar-refractivity contribution in [3.8, 4) is 5.75 Å². The average molecular weight is 512 g/mol. The maximum Gasteiger partial charge on any atom is 0.322 e. The summed E-state index contributed by atoms with van der Waals surface area (Å²) in [6, 6.07) is 13.9. The Morgan fingerprint density at radius 1 is 1.06 bits per heavy atom. The minimum Gasteiger partial charge on any atom is -0.491 e. The van der Waals surface area contributed by atoms with Crippen molar-refractivity contribution in [3.63, 3.8) is 0 Å². The number of aliphatic hydroxyl groups excluding tert-OH is 1. The van der Waals surface area contributed by atoms with E-state index in [1.807, 2.05) is 45.9 Å². The predicted molar refractivity (Wildman–Crippen MR) is 145 cm³/mol. The van der Waals surface area contributed by atoms with E-state index in [0.717, 1.165) is 34.2 Å². The van der Waals surface area contributed by atoms with Crippen LogP contribution in [0, 0.1) is 12.3 Å². The lowest BCUT2D eigenvalue weighted by atomic mass is 9.74. The van der Waals surface area contributed by atoms with Crippen molar-refractivity contribution in [1.82, 2.24) is 5.32 Å². The Kier molecular flexibility index (Phi) is 8.47. The van der Waals surface area contributed by atoms with Crippen LogP contribution >= 0.6 is 11.3 Å². The highest BCUT2D eigenvalue weighted by Crippen LogP contribution is 2.45. The van der Waals surface area contributed by atoms with E-state index in [9.17, 15) is 14.7 Å². The van der Waals surface area contributed by atoms with Gasteiger partial charge in [0.25, 0.3) is 5.91 Å². The first-order valence-electron chi connectivity index (χ1n) is 12.4. The Morgan fingerprint density at radius 2 is 1.75 bits per heavy atom. The number of thiophene rings is 1. The van der Waals surface area contributed by atoms with Crippen molar-refractivity contribution in [2.45, 2.75) is 65.9 Å². The second kappa shape index (κ2) is 11.0. The number of amides is 1. The molecule has 1 amide bonds.